The largest absolute Gasteiger partial charge is 0.331 e. The SMILES string of the molecule is CC[S+](=O)(O)N[C@@H]1[C@H](Cc2cccc(-c3ccccc3)c2)N(C(=O)C(C)C)CC1(F)F. The van der Waals surface area contributed by atoms with E-state index in [9.17, 15) is 22.3 Å². The highest BCUT2D eigenvalue weighted by Gasteiger charge is 2.59. The van der Waals surface area contributed by atoms with E-state index in [0.29, 0.717) is 0 Å². The molecular weight excluding hydrogens is 422 g/mol. The summed E-state index contributed by atoms with van der Waals surface area (Å²) in [4.78, 5) is 13.9. The van der Waals surface area contributed by atoms with Crippen LogP contribution in [0.4, 0.5) is 8.78 Å². The minimum Gasteiger partial charge on any atom is -0.331 e. The van der Waals surface area contributed by atoms with Gasteiger partial charge in [-0.2, -0.15) is 4.55 Å². The molecule has 0 spiro atoms. The van der Waals surface area contributed by atoms with Crippen LogP contribution in [0, 0.1) is 5.92 Å². The Morgan fingerprint density at radius 3 is 2.45 bits per heavy atom. The van der Waals surface area contributed by atoms with Gasteiger partial charge in [-0.3, -0.25) is 4.79 Å². The molecule has 0 aromatic heterocycles. The average Bonchev–Trinajstić information content (AvgIpc) is 2.98. The Kier molecular flexibility index (Phi) is 6.93. The van der Waals surface area contributed by atoms with E-state index < -0.39 is 46.8 Å². The molecule has 2 aromatic carbocycles. The third-order valence-electron chi connectivity index (χ3n) is 5.58. The second-order valence-corrected chi connectivity index (χ2v) is 10.3. The quantitative estimate of drug-likeness (QED) is 0.618. The van der Waals surface area contributed by atoms with Crippen molar-refractivity contribution in [2.45, 2.75) is 45.2 Å². The van der Waals surface area contributed by atoms with Crippen molar-refractivity contribution in [3.8, 4) is 11.1 Å². The van der Waals surface area contributed by atoms with Gasteiger partial charge >= 0.3 is 0 Å². The smallest absolute Gasteiger partial charge is 0.288 e. The van der Waals surface area contributed by atoms with Gasteiger partial charge in [-0.1, -0.05) is 73.2 Å². The molecule has 3 rings (SSSR count). The van der Waals surface area contributed by atoms with Crippen LogP contribution in [0.25, 0.3) is 11.1 Å². The fraction of sp³-hybridized carbons (Fsp3) is 0.435. The Balaban J connectivity index is 1.97. The molecule has 3 atom stereocenters. The fourth-order valence-corrected chi connectivity index (χ4v) is 4.79. The van der Waals surface area contributed by atoms with Crippen molar-refractivity contribution in [2.75, 3.05) is 12.3 Å². The van der Waals surface area contributed by atoms with Crippen LogP contribution < -0.4 is 4.72 Å². The van der Waals surface area contributed by atoms with Crippen molar-refractivity contribution in [3.05, 3.63) is 60.2 Å². The van der Waals surface area contributed by atoms with Crippen molar-refractivity contribution in [2.24, 2.45) is 5.92 Å². The van der Waals surface area contributed by atoms with Gasteiger partial charge in [0.25, 0.3) is 16.3 Å². The third-order valence-corrected chi connectivity index (χ3v) is 6.98. The minimum absolute atomic E-state index is 0.144. The average molecular weight is 452 g/mol. The van der Waals surface area contributed by atoms with E-state index in [1.54, 1.807) is 13.8 Å². The van der Waals surface area contributed by atoms with Crippen molar-refractivity contribution >= 4 is 16.3 Å². The number of amides is 1. The number of benzene rings is 2. The van der Waals surface area contributed by atoms with Gasteiger partial charge in [-0.25, -0.2) is 8.78 Å². The normalized spacial score (nSPS) is 22.5. The summed E-state index contributed by atoms with van der Waals surface area (Å²) in [5.74, 6) is -4.38. The minimum atomic E-state index is -3.64. The first kappa shape index (κ1) is 23.5. The summed E-state index contributed by atoms with van der Waals surface area (Å²) in [7, 11) is -3.64. The van der Waals surface area contributed by atoms with Crippen LogP contribution in [-0.4, -0.2) is 45.7 Å². The van der Waals surface area contributed by atoms with Gasteiger partial charge in [0.2, 0.25) is 5.91 Å². The highest BCUT2D eigenvalue weighted by molar-refractivity contribution is 7.95. The Morgan fingerprint density at radius 1 is 1.19 bits per heavy atom. The Labute approximate surface area is 183 Å². The highest BCUT2D eigenvalue weighted by Crippen LogP contribution is 2.36. The number of hydrogen-bond acceptors (Lipinski definition) is 2. The molecule has 1 aliphatic heterocycles. The molecule has 0 bridgehead atoms. The van der Waals surface area contributed by atoms with E-state index in [1.807, 2.05) is 54.6 Å². The molecular formula is C23H29F2N2O3S+. The Hall–Kier alpha value is -2.16. The number of likely N-dealkylation sites (tertiary alicyclic amines) is 1. The topological polar surface area (TPSA) is 69.6 Å². The first-order valence-corrected chi connectivity index (χ1v) is 12.1. The van der Waals surface area contributed by atoms with Gasteiger partial charge in [0, 0.05) is 5.92 Å². The number of nitrogens with one attached hydrogen (secondary N) is 1. The fourth-order valence-electron chi connectivity index (χ4n) is 3.90. The molecule has 1 unspecified atom stereocenters. The van der Waals surface area contributed by atoms with Crippen LogP contribution in [0.1, 0.15) is 26.3 Å². The molecule has 168 valence electrons. The Bertz CT molecular complexity index is 968. The standard InChI is InChI=1S/C23H28F2N2O3S/c1-4-31(29,30)26-21-20(27(15-23(21,24)25)22(28)16(2)3)14-17-9-8-12-19(13-17)18-10-6-5-7-11-18/h5-13,16,20-21H,4,14-15H2,1-3H3,(H-,26,29,30)/p+1/t20-,21+/m0/s1. The van der Waals surface area contributed by atoms with E-state index >= 15 is 0 Å². The first-order valence-electron chi connectivity index (χ1n) is 10.4. The van der Waals surface area contributed by atoms with Crippen molar-refractivity contribution in [3.63, 3.8) is 0 Å². The summed E-state index contributed by atoms with van der Waals surface area (Å²) < 4.78 is 54.4. The zero-order valence-electron chi connectivity index (χ0n) is 17.9. The number of nitrogens with zero attached hydrogens (tertiary/aromatic N) is 1. The van der Waals surface area contributed by atoms with Crippen molar-refractivity contribution < 1.29 is 22.3 Å². The number of rotatable bonds is 7. The second kappa shape index (κ2) is 9.14. The lowest BCUT2D eigenvalue weighted by Gasteiger charge is -2.28. The maximum Gasteiger partial charge on any atom is 0.288 e. The van der Waals surface area contributed by atoms with E-state index in [2.05, 4.69) is 4.72 Å². The lowest BCUT2D eigenvalue weighted by Crippen LogP contribution is -2.54. The number of hydrogen-bond donors (Lipinski definition) is 2. The van der Waals surface area contributed by atoms with Gasteiger partial charge in [0.15, 0.2) is 5.75 Å². The molecule has 1 fully saturated rings. The number of carbonyl (C=O) groups excluding carboxylic acids is 1. The summed E-state index contributed by atoms with van der Waals surface area (Å²) in [5.41, 5.74) is 2.71. The molecule has 8 heteroatoms. The summed E-state index contributed by atoms with van der Waals surface area (Å²) in [6, 6.07) is 14.6. The van der Waals surface area contributed by atoms with Crippen LogP contribution in [0.2, 0.25) is 0 Å². The van der Waals surface area contributed by atoms with Gasteiger partial charge < -0.3 is 4.90 Å². The number of alkyl halides is 2. The second-order valence-electron chi connectivity index (χ2n) is 8.24. The monoisotopic (exact) mass is 451 g/mol. The predicted molar refractivity (Wildman–Crippen MR) is 119 cm³/mol. The molecule has 2 N–H and O–H groups in total. The molecule has 1 heterocycles. The highest BCUT2D eigenvalue weighted by atomic mass is 32.3. The van der Waals surface area contributed by atoms with Crippen LogP contribution in [0.3, 0.4) is 0 Å². The molecule has 2 aromatic rings. The molecule has 5 nitrogen and oxygen atoms in total. The zero-order valence-corrected chi connectivity index (χ0v) is 18.7. The molecule has 1 saturated heterocycles. The van der Waals surface area contributed by atoms with Gasteiger partial charge in [-0.05, 0) is 34.2 Å². The van der Waals surface area contributed by atoms with Crippen LogP contribution in [0.15, 0.2) is 54.6 Å². The summed E-state index contributed by atoms with van der Waals surface area (Å²) in [6.07, 6.45) is 0.144. The van der Waals surface area contributed by atoms with Gasteiger partial charge in [0.1, 0.15) is 6.04 Å². The van der Waals surface area contributed by atoms with Crippen LogP contribution in [-0.2, 0) is 25.8 Å². The predicted octanol–water partition coefficient (Wildman–Crippen LogP) is 4.26. The van der Waals surface area contributed by atoms with Crippen LogP contribution >= 0.6 is 0 Å². The summed E-state index contributed by atoms with van der Waals surface area (Å²) in [5, 5.41) is 0. The maximum absolute atomic E-state index is 15.0. The van der Waals surface area contributed by atoms with Gasteiger partial charge in [-0.15, -0.1) is 0 Å². The summed E-state index contributed by atoms with van der Waals surface area (Å²) >= 11 is 0. The lowest BCUT2D eigenvalue weighted by molar-refractivity contribution is -0.136. The van der Waals surface area contributed by atoms with Crippen LogP contribution in [0.5, 0.6) is 0 Å². The summed E-state index contributed by atoms with van der Waals surface area (Å²) in [6.45, 7) is 4.01. The van der Waals surface area contributed by atoms with E-state index in [1.165, 1.54) is 11.8 Å². The molecule has 0 saturated carbocycles. The molecule has 1 aliphatic rings. The molecule has 1 amide bonds. The zero-order chi connectivity index (χ0) is 22.8. The van der Waals surface area contributed by atoms with Gasteiger partial charge in [0.05, 0.1) is 12.6 Å². The molecule has 31 heavy (non-hydrogen) atoms. The maximum atomic E-state index is 15.0. The molecule has 0 radical (unpaired) electrons. The number of halogens is 2. The van der Waals surface area contributed by atoms with E-state index in [0.717, 1.165) is 16.7 Å². The third kappa shape index (κ3) is 5.37. The first-order chi connectivity index (χ1) is 14.5. The van der Waals surface area contributed by atoms with Crippen molar-refractivity contribution in [1.29, 1.82) is 0 Å². The number of carbonyl (C=O) groups is 1. The molecule has 0 aliphatic carbocycles. The Morgan fingerprint density at radius 2 is 1.84 bits per heavy atom. The van der Waals surface area contributed by atoms with E-state index in [-0.39, 0.29) is 12.2 Å². The van der Waals surface area contributed by atoms with E-state index in [4.69, 9.17) is 0 Å². The lowest BCUT2D eigenvalue weighted by atomic mass is 9.96. The van der Waals surface area contributed by atoms with Crippen molar-refractivity contribution in [1.82, 2.24) is 9.62 Å².